The molecule has 0 N–H and O–H groups in total. The fraction of sp³-hybridized carbons (Fsp3) is 0.895. The van der Waals surface area contributed by atoms with Gasteiger partial charge in [-0.1, -0.05) is 26.7 Å². The Morgan fingerprint density at radius 3 is 1.83 bits per heavy atom. The third kappa shape index (κ3) is 3.76. The molecule has 5 nitrogen and oxygen atoms in total. The number of hydrogen-bond donors (Lipinski definition) is 0. The second-order valence-corrected chi connectivity index (χ2v) is 8.04. The van der Waals surface area contributed by atoms with Crippen LogP contribution in [0.1, 0.15) is 52.4 Å². The van der Waals surface area contributed by atoms with E-state index in [1.807, 2.05) is 18.7 Å². The number of rotatable bonds is 4. The highest BCUT2D eigenvalue weighted by atomic mass is 16.2. The van der Waals surface area contributed by atoms with Crippen molar-refractivity contribution in [2.75, 3.05) is 39.3 Å². The molecule has 136 valence electrons. The lowest BCUT2D eigenvalue weighted by Gasteiger charge is -2.42. The molecular formula is C19H33N3O2. The van der Waals surface area contributed by atoms with E-state index >= 15 is 0 Å². The maximum absolute atomic E-state index is 13.2. The Balaban J connectivity index is 1.65. The standard InChI is InChI=1S/C19H33N3O2/c1-15(2)18(23)22-13-11-20(12-14-22)17(16-7-3-4-8-16)19(24)21-9-5-6-10-21/h15-17H,3-14H2,1-2H3/t17-/m1/s1. The first-order chi connectivity index (χ1) is 11.6. The fourth-order valence-electron chi connectivity index (χ4n) is 4.64. The molecule has 3 aliphatic rings. The van der Waals surface area contributed by atoms with Crippen molar-refractivity contribution in [3.05, 3.63) is 0 Å². The molecule has 0 spiro atoms. The molecule has 3 rings (SSSR count). The smallest absolute Gasteiger partial charge is 0.240 e. The maximum Gasteiger partial charge on any atom is 0.240 e. The summed E-state index contributed by atoms with van der Waals surface area (Å²) in [5.41, 5.74) is 0. The molecule has 3 fully saturated rings. The SMILES string of the molecule is CC(C)C(=O)N1CCN([C@@H](C(=O)N2CCCC2)C2CCCC2)CC1. The molecule has 0 aromatic rings. The maximum atomic E-state index is 13.2. The van der Waals surface area contributed by atoms with E-state index in [1.54, 1.807) is 0 Å². The number of likely N-dealkylation sites (tertiary alicyclic amines) is 1. The summed E-state index contributed by atoms with van der Waals surface area (Å²) in [6.07, 6.45) is 7.21. The molecule has 0 aromatic heterocycles. The van der Waals surface area contributed by atoms with Crippen molar-refractivity contribution in [1.82, 2.24) is 14.7 Å². The van der Waals surface area contributed by atoms with Gasteiger partial charge in [-0.05, 0) is 31.6 Å². The van der Waals surface area contributed by atoms with Crippen LogP contribution in [0, 0.1) is 11.8 Å². The van der Waals surface area contributed by atoms with Gasteiger partial charge >= 0.3 is 0 Å². The zero-order valence-corrected chi connectivity index (χ0v) is 15.4. The van der Waals surface area contributed by atoms with Crippen LogP contribution in [-0.4, -0.2) is 71.8 Å². The molecule has 2 amide bonds. The lowest BCUT2D eigenvalue weighted by molar-refractivity contribution is -0.141. The Morgan fingerprint density at radius 2 is 1.29 bits per heavy atom. The summed E-state index contributed by atoms with van der Waals surface area (Å²) >= 11 is 0. The molecule has 1 saturated carbocycles. The summed E-state index contributed by atoms with van der Waals surface area (Å²) in [6.45, 7) is 9.04. The van der Waals surface area contributed by atoms with Crippen LogP contribution < -0.4 is 0 Å². The average molecular weight is 335 g/mol. The molecule has 1 aliphatic carbocycles. The second kappa shape index (κ2) is 7.85. The van der Waals surface area contributed by atoms with Crippen LogP contribution in [0.3, 0.4) is 0 Å². The van der Waals surface area contributed by atoms with Crippen LogP contribution in [-0.2, 0) is 9.59 Å². The average Bonchev–Trinajstić information content (AvgIpc) is 3.28. The Hall–Kier alpha value is -1.10. The lowest BCUT2D eigenvalue weighted by Crippen LogP contribution is -2.58. The predicted molar refractivity (Wildman–Crippen MR) is 94.6 cm³/mol. The van der Waals surface area contributed by atoms with Crippen molar-refractivity contribution in [2.24, 2.45) is 11.8 Å². The molecule has 2 aliphatic heterocycles. The molecule has 0 bridgehead atoms. The minimum atomic E-state index is 0.0573. The number of nitrogens with zero attached hydrogens (tertiary/aromatic N) is 3. The minimum absolute atomic E-state index is 0.0573. The van der Waals surface area contributed by atoms with Crippen molar-refractivity contribution in [3.8, 4) is 0 Å². The van der Waals surface area contributed by atoms with Crippen molar-refractivity contribution in [3.63, 3.8) is 0 Å². The molecule has 1 atom stereocenters. The lowest BCUT2D eigenvalue weighted by atomic mass is 9.94. The highest BCUT2D eigenvalue weighted by molar-refractivity contribution is 5.82. The summed E-state index contributed by atoms with van der Waals surface area (Å²) in [5, 5.41) is 0. The van der Waals surface area contributed by atoms with Gasteiger partial charge < -0.3 is 9.80 Å². The van der Waals surface area contributed by atoms with Crippen LogP contribution in [0.25, 0.3) is 0 Å². The summed E-state index contributed by atoms with van der Waals surface area (Å²) in [5.74, 6) is 1.19. The van der Waals surface area contributed by atoms with Gasteiger partial charge in [0.1, 0.15) is 0 Å². The molecule has 2 heterocycles. The van der Waals surface area contributed by atoms with E-state index in [9.17, 15) is 9.59 Å². The second-order valence-electron chi connectivity index (χ2n) is 8.04. The van der Waals surface area contributed by atoms with E-state index in [0.717, 1.165) is 52.1 Å². The topological polar surface area (TPSA) is 43.9 Å². The zero-order chi connectivity index (χ0) is 17.1. The number of carbonyl (C=O) groups excluding carboxylic acids is 2. The quantitative estimate of drug-likeness (QED) is 0.789. The van der Waals surface area contributed by atoms with Crippen LogP contribution in [0.4, 0.5) is 0 Å². The van der Waals surface area contributed by atoms with Crippen LogP contribution in [0.2, 0.25) is 0 Å². The van der Waals surface area contributed by atoms with Crippen LogP contribution in [0.5, 0.6) is 0 Å². The van der Waals surface area contributed by atoms with Crippen molar-refractivity contribution < 1.29 is 9.59 Å². The third-order valence-corrected chi connectivity index (χ3v) is 6.03. The monoisotopic (exact) mass is 335 g/mol. The van der Waals surface area contributed by atoms with Gasteiger partial charge in [-0.3, -0.25) is 14.5 Å². The van der Waals surface area contributed by atoms with Crippen molar-refractivity contribution >= 4 is 11.8 Å². The summed E-state index contributed by atoms with van der Waals surface area (Å²) in [6, 6.07) is 0.0573. The fourth-order valence-corrected chi connectivity index (χ4v) is 4.64. The van der Waals surface area contributed by atoms with Gasteiger partial charge in [0.15, 0.2) is 0 Å². The number of piperazine rings is 1. The van der Waals surface area contributed by atoms with Crippen molar-refractivity contribution in [2.45, 2.75) is 58.4 Å². The normalized spacial score (nSPS) is 24.8. The van der Waals surface area contributed by atoms with E-state index in [2.05, 4.69) is 9.80 Å². The first kappa shape index (κ1) is 17.7. The highest BCUT2D eigenvalue weighted by Gasteiger charge is 2.39. The Morgan fingerprint density at radius 1 is 0.750 bits per heavy atom. The first-order valence-corrected chi connectivity index (χ1v) is 9.89. The highest BCUT2D eigenvalue weighted by Crippen LogP contribution is 2.32. The summed E-state index contributed by atoms with van der Waals surface area (Å²) < 4.78 is 0. The Bertz CT molecular complexity index is 446. The van der Waals surface area contributed by atoms with E-state index in [1.165, 1.54) is 25.7 Å². The first-order valence-electron chi connectivity index (χ1n) is 9.89. The van der Waals surface area contributed by atoms with E-state index in [4.69, 9.17) is 0 Å². The van der Waals surface area contributed by atoms with E-state index in [0.29, 0.717) is 11.8 Å². The molecule has 0 radical (unpaired) electrons. The summed E-state index contributed by atoms with van der Waals surface area (Å²) in [4.78, 5) is 31.8. The molecule has 5 heteroatoms. The third-order valence-electron chi connectivity index (χ3n) is 6.03. The van der Waals surface area contributed by atoms with Gasteiger partial charge in [0.2, 0.25) is 11.8 Å². The van der Waals surface area contributed by atoms with Crippen LogP contribution >= 0.6 is 0 Å². The van der Waals surface area contributed by atoms with Crippen molar-refractivity contribution in [1.29, 1.82) is 0 Å². The molecule has 0 aromatic carbocycles. The Labute approximate surface area is 146 Å². The number of carbonyl (C=O) groups is 2. The number of amides is 2. The Kier molecular flexibility index (Phi) is 5.80. The van der Waals surface area contributed by atoms with Gasteiger partial charge in [0.25, 0.3) is 0 Å². The molecule has 24 heavy (non-hydrogen) atoms. The zero-order valence-electron chi connectivity index (χ0n) is 15.4. The van der Waals surface area contributed by atoms with Crippen LogP contribution in [0.15, 0.2) is 0 Å². The molecular weight excluding hydrogens is 302 g/mol. The van der Waals surface area contributed by atoms with Gasteiger partial charge in [0.05, 0.1) is 6.04 Å². The summed E-state index contributed by atoms with van der Waals surface area (Å²) in [7, 11) is 0. The minimum Gasteiger partial charge on any atom is -0.341 e. The van der Waals surface area contributed by atoms with Gasteiger partial charge in [0, 0.05) is 45.2 Å². The van der Waals surface area contributed by atoms with E-state index < -0.39 is 0 Å². The molecule has 2 saturated heterocycles. The van der Waals surface area contributed by atoms with Gasteiger partial charge in [-0.25, -0.2) is 0 Å². The van der Waals surface area contributed by atoms with Gasteiger partial charge in [-0.15, -0.1) is 0 Å². The van der Waals surface area contributed by atoms with Gasteiger partial charge in [-0.2, -0.15) is 0 Å². The molecule has 0 unspecified atom stereocenters. The van der Waals surface area contributed by atoms with E-state index in [-0.39, 0.29) is 17.9 Å². The predicted octanol–water partition coefficient (Wildman–Crippen LogP) is 1.97. The largest absolute Gasteiger partial charge is 0.341 e. The number of hydrogen-bond acceptors (Lipinski definition) is 3.